The Hall–Kier alpha value is -2.24. The second-order valence-corrected chi connectivity index (χ2v) is 4.61. The van der Waals surface area contributed by atoms with Gasteiger partial charge >= 0.3 is 5.97 Å². The smallest absolute Gasteiger partial charge is 0.345 e. The number of carboxylic acids is 1. The van der Waals surface area contributed by atoms with Gasteiger partial charge in [-0.25, -0.2) is 4.79 Å². The molecule has 6 heteroatoms. The molecule has 6 nitrogen and oxygen atoms in total. The highest BCUT2D eigenvalue weighted by Gasteiger charge is 2.29. The highest BCUT2D eigenvalue weighted by Crippen LogP contribution is 2.32. The number of carbonyl (C=O) groups excluding carboxylic acids is 1. The molecule has 0 spiro atoms. The van der Waals surface area contributed by atoms with Crippen molar-refractivity contribution in [3.8, 4) is 11.5 Å². The van der Waals surface area contributed by atoms with Gasteiger partial charge in [0.15, 0.2) is 12.7 Å². The lowest BCUT2D eigenvalue weighted by Gasteiger charge is -2.15. The topological polar surface area (TPSA) is 76.1 Å². The van der Waals surface area contributed by atoms with E-state index in [-0.39, 0.29) is 12.5 Å². The van der Waals surface area contributed by atoms with Crippen molar-refractivity contribution in [2.24, 2.45) is 0 Å². The summed E-state index contributed by atoms with van der Waals surface area (Å²) in [5.41, 5.74) is 0.835. The summed E-state index contributed by atoms with van der Waals surface area (Å²) in [6.07, 6.45) is -0.490. The molecule has 108 valence electrons. The van der Waals surface area contributed by atoms with Crippen molar-refractivity contribution in [3.63, 3.8) is 0 Å². The molecular formula is C14H17NO5. The highest BCUT2D eigenvalue weighted by molar-refractivity contribution is 5.77. The third kappa shape index (κ3) is 3.01. The quantitative estimate of drug-likeness (QED) is 0.867. The average Bonchev–Trinajstić information content (AvgIpc) is 2.87. The lowest BCUT2D eigenvalue weighted by molar-refractivity contribution is -0.144. The zero-order valence-corrected chi connectivity index (χ0v) is 11.5. The maximum Gasteiger partial charge on any atom is 0.345 e. The van der Waals surface area contributed by atoms with Crippen molar-refractivity contribution in [1.29, 1.82) is 0 Å². The van der Waals surface area contributed by atoms with Gasteiger partial charge in [-0.05, 0) is 18.6 Å². The first-order valence-electron chi connectivity index (χ1n) is 6.40. The van der Waals surface area contributed by atoms with E-state index >= 15 is 0 Å². The molecule has 0 radical (unpaired) electrons. The molecule has 1 amide bonds. The fraction of sp³-hybridized carbons (Fsp3) is 0.429. The van der Waals surface area contributed by atoms with Gasteiger partial charge in [0, 0.05) is 26.1 Å². The number of carboxylic acid groups (broad SMARTS) is 1. The molecule has 0 saturated carbocycles. The van der Waals surface area contributed by atoms with Crippen LogP contribution in [0.2, 0.25) is 0 Å². The lowest BCUT2D eigenvalue weighted by Crippen LogP contribution is -2.31. The SMILES string of the molecule is CCN(C)C(=O)COc1ccc2c(c1)OC(C(=O)O)C2. The molecule has 0 aromatic heterocycles. The lowest BCUT2D eigenvalue weighted by atomic mass is 10.1. The van der Waals surface area contributed by atoms with Crippen LogP contribution >= 0.6 is 0 Å². The standard InChI is InChI=1S/C14H17NO5/c1-3-15(2)13(16)8-19-10-5-4-9-6-12(14(17)18)20-11(9)7-10/h4-5,7,12H,3,6,8H2,1-2H3,(H,17,18). The van der Waals surface area contributed by atoms with E-state index < -0.39 is 12.1 Å². The predicted molar refractivity (Wildman–Crippen MR) is 71.0 cm³/mol. The monoisotopic (exact) mass is 279 g/mol. The van der Waals surface area contributed by atoms with E-state index in [0.29, 0.717) is 24.5 Å². The first-order valence-corrected chi connectivity index (χ1v) is 6.40. The molecule has 1 atom stereocenters. The van der Waals surface area contributed by atoms with E-state index in [1.54, 1.807) is 30.1 Å². The fourth-order valence-corrected chi connectivity index (χ4v) is 1.87. The number of likely N-dealkylation sites (N-methyl/N-ethyl adjacent to an activating group) is 1. The van der Waals surface area contributed by atoms with Crippen molar-refractivity contribution < 1.29 is 24.2 Å². The van der Waals surface area contributed by atoms with Crippen molar-refractivity contribution in [1.82, 2.24) is 4.90 Å². The van der Waals surface area contributed by atoms with Gasteiger partial charge in [-0.15, -0.1) is 0 Å². The second-order valence-electron chi connectivity index (χ2n) is 4.61. The number of nitrogens with zero attached hydrogens (tertiary/aromatic N) is 1. The minimum Gasteiger partial charge on any atom is -0.484 e. The fourth-order valence-electron chi connectivity index (χ4n) is 1.87. The Kier molecular flexibility index (Phi) is 4.12. The Morgan fingerprint density at radius 2 is 2.25 bits per heavy atom. The number of fused-ring (bicyclic) bond motifs is 1. The predicted octanol–water partition coefficient (Wildman–Crippen LogP) is 0.932. The summed E-state index contributed by atoms with van der Waals surface area (Å²) >= 11 is 0. The minimum absolute atomic E-state index is 0.0501. The molecule has 1 aromatic rings. The Morgan fingerprint density at radius 3 is 2.90 bits per heavy atom. The number of amides is 1. The van der Waals surface area contributed by atoms with Crippen LogP contribution in [0.25, 0.3) is 0 Å². The van der Waals surface area contributed by atoms with E-state index in [1.165, 1.54) is 0 Å². The number of aliphatic carboxylic acids is 1. The van der Waals surface area contributed by atoms with E-state index in [0.717, 1.165) is 5.56 Å². The van der Waals surface area contributed by atoms with E-state index in [2.05, 4.69) is 0 Å². The van der Waals surface area contributed by atoms with Crippen molar-refractivity contribution in [3.05, 3.63) is 23.8 Å². The molecule has 0 aliphatic carbocycles. The van der Waals surface area contributed by atoms with E-state index in [9.17, 15) is 9.59 Å². The molecule has 20 heavy (non-hydrogen) atoms. The van der Waals surface area contributed by atoms with E-state index in [4.69, 9.17) is 14.6 Å². The number of ether oxygens (including phenoxy) is 2. The summed E-state index contributed by atoms with van der Waals surface area (Å²) in [7, 11) is 1.70. The molecule has 1 unspecified atom stereocenters. The molecule has 2 rings (SSSR count). The number of hydrogen-bond donors (Lipinski definition) is 1. The zero-order chi connectivity index (χ0) is 14.7. The van der Waals surface area contributed by atoms with Crippen LogP contribution in [0.5, 0.6) is 11.5 Å². The Labute approximate surface area is 116 Å². The number of hydrogen-bond acceptors (Lipinski definition) is 4. The molecule has 1 N–H and O–H groups in total. The number of rotatable bonds is 5. The molecule has 0 bridgehead atoms. The van der Waals surface area contributed by atoms with Gasteiger partial charge < -0.3 is 19.5 Å². The van der Waals surface area contributed by atoms with Crippen molar-refractivity contribution >= 4 is 11.9 Å². The van der Waals surface area contributed by atoms with Gasteiger partial charge in [-0.1, -0.05) is 6.07 Å². The van der Waals surface area contributed by atoms with E-state index in [1.807, 2.05) is 6.92 Å². The first kappa shape index (κ1) is 14.2. The molecular weight excluding hydrogens is 262 g/mol. The van der Waals surface area contributed by atoms with Gasteiger partial charge in [0.05, 0.1) is 0 Å². The maximum atomic E-state index is 11.6. The van der Waals surface area contributed by atoms with Crippen LogP contribution in [0.15, 0.2) is 18.2 Å². The van der Waals surface area contributed by atoms with Gasteiger partial charge in [0.25, 0.3) is 5.91 Å². The summed E-state index contributed by atoms with van der Waals surface area (Å²) in [6.45, 7) is 2.45. The summed E-state index contributed by atoms with van der Waals surface area (Å²) in [6, 6.07) is 5.10. The highest BCUT2D eigenvalue weighted by atomic mass is 16.5. The summed E-state index contributed by atoms with van der Waals surface area (Å²) in [5.74, 6) is -0.0976. The molecule has 1 aromatic carbocycles. The summed E-state index contributed by atoms with van der Waals surface area (Å²) in [5, 5.41) is 8.91. The van der Waals surface area contributed by atoms with Gasteiger partial charge in [0.1, 0.15) is 11.5 Å². The summed E-state index contributed by atoms with van der Waals surface area (Å²) in [4.78, 5) is 24.0. The van der Waals surface area contributed by atoms with Crippen LogP contribution in [0.3, 0.4) is 0 Å². The first-order chi connectivity index (χ1) is 9.51. The molecule has 0 fully saturated rings. The van der Waals surface area contributed by atoms with Crippen molar-refractivity contribution in [2.75, 3.05) is 20.2 Å². The minimum atomic E-state index is -0.983. The Morgan fingerprint density at radius 1 is 1.50 bits per heavy atom. The third-order valence-electron chi connectivity index (χ3n) is 3.25. The van der Waals surface area contributed by atoms with Crippen LogP contribution in [0, 0.1) is 0 Å². The van der Waals surface area contributed by atoms with Crippen LogP contribution in [-0.4, -0.2) is 48.2 Å². The zero-order valence-electron chi connectivity index (χ0n) is 11.5. The molecule has 1 heterocycles. The van der Waals surface area contributed by atoms with Crippen LogP contribution in [-0.2, 0) is 16.0 Å². The average molecular weight is 279 g/mol. The second kappa shape index (κ2) is 5.81. The molecule has 1 aliphatic heterocycles. The normalized spacial score (nSPS) is 16.2. The van der Waals surface area contributed by atoms with Crippen LogP contribution < -0.4 is 9.47 Å². The van der Waals surface area contributed by atoms with Crippen LogP contribution in [0.4, 0.5) is 0 Å². The molecule has 1 aliphatic rings. The van der Waals surface area contributed by atoms with Crippen molar-refractivity contribution in [2.45, 2.75) is 19.4 Å². The Bertz CT molecular complexity index is 528. The van der Waals surface area contributed by atoms with Crippen LogP contribution in [0.1, 0.15) is 12.5 Å². The summed E-state index contributed by atoms with van der Waals surface area (Å²) < 4.78 is 10.7. The number of carbonyl (C=O) groups is 2. The largest absolute Gasteiger partial charge is 0.484 e. The van der Waals surface area contributed by atoms with Gasteiger partial charge in [-0.3, -0.25) is 4.79 Å². The number of benzene rings is 1. The third-order valence-corrected chi connectivity index (χ3v) is 3.25. The van der Waals surface area contributed by atoms with Gasteiger partial charge in [0.2, 0.25) is 0 Å². The maximum absolute atomic E-state index is 11.6. The van der Waals surface area contributed by atoms with Gasteiger partial charge in [-0.2, -0.15) is 0 Å². The molecule has 0 saturated heterocycles. The Balaban J connectivity index is 1.98.